The Labute approximate surface area is 123 Å². The molecule has 0 amide bonds. The number of hydrogen-bond acceptors (Lipinski definition) is 4. The summed E-state index contributed by atoms with van der Waals surface area (Å²) in [6.45, 7) is 5.60. The Balaban J connectivity index is 2.52. The van der Waals surface area contributed by atoms with Crippen LogP contribution in [0.25, 0.3) is 11.3 Å². The van der Waals surface area contributed by atoms with E-state index in [0.717, 1.165) is 21.4 Å². The minimum Gasteiger partial charge on any atom is -0.467 e. The van der Waals surface area contributed by atoms with Crippen LogP contribution in [-0.4, -0.2) is 22.9 Å². The fourth-order valence-corrected chi connectivity index (χ4v) is 2.22. The van der Waals surface area contributed by atoms with Gasteiger partial charge in [-0.05, 0) is 32.4 Å². The van der Waals surface area contributed by atoms with Gasteiger partial charge >= 0.3 is 5.97 Å². The summed E-state index contributed by atoms with van der Waals surface area (Å²) in [7, 11) is 1.29. The second kappa shape index (κ2) is 5.91. The molecule has 1 aromatic carbocycles. The fourth-order valence-electron chi connectivity index (χ4n) is 2.22. The molecule has 0 spiro atoms. The molecule has 0 N–H and O–H groups in total. The smallest absolute Gasteiger partial charge is 0.330 e. The SMILES string of the molecule is COC(=O)[C@H](C)n1nc(-c2ccc(C)cc2C)ccc1=O. The van der Waals surface area contributed by atoms with Crippen LogP contribution in [0, 0.1) is 13.8 Å². The molecule has 0 saturated carbocycles. The fraction of sp³-hybridized carbons (Fsp3) is 0.312. The molecule has 0 saturated heterocycles. The summed E-state index contributed by atoms with van der Waals surface area (Å²) in [6, 6.07) is 8.33. The largest absolute Gasteiger partial charge is 0.467 e. The van der Waals surface area contributed by atoms with Crippen LogP contribution in [0.2, 0.25) is 0 Å². The molecule has 110 valence electrons. The summed E-state index contributed by atoms with van der Waals surface area (Å²) < 4.78 is 5.82. The number of benzene rings is 1. The highest BCUT2D eigenvalue weighted by atomic mass is 16.5. The Morgan fingerprint density at radius 1 is 1.24 bits per heavy atom. The van der Waals surface area contributed by atoms with Crippen LogP contribution in [0.15, 0.2) is 35.1 Å². The van der Waals surface area contributed by atoms with E-state index in [4.69, 9.17) is 0 Å². The third-order valence-corrected chi connectivity index (χ3v) is 3.39. The van der Waals surface area contributed by atoms with Gasteiger partial charge in [-0.2, -0.15) is 5.10 Å². The van der Waals surface area contributed by atoms with Gasteiger partial charge in [-0.25, -0.2) is 9.48 Å². The van der Waals surface area contributed by atoms with Crippen LogP contribution >= 0.6 is 0 Å². The van der Waals surface area contributed by atoms with E-state index >= 15 is 0 Å². The molecule has 1 aromatic heterocycles. The van der Waals surface area contributed by atoms with Gasteiger partial charge in [0.2, 0.25) is 0 Å². The lowest BCUT2D eigenvalue weighted by Crippen LogP contribution is -2.30. The zero-order valence-electron chi connectivity index (χ0n) is 12.6. The van der Waals surface area contributed by atoms with Crippen molar-refractivity contribution in [3.8, 4) is 11.3 Å². The number of aromatic nitrogens is 2. The molecule has 5 heteroatoms. The van der Waals surface area contributed by atoms with Gasteiger partial charge in [0.05, 0.1) is 12.8 Å². The van der Waals surface area contributed by atoms with Gasteiger partial charge in [0.25, 0.3) is 5.56 Å². The van der Waals surface area contributed by atoms with Crippen molar-refractivity contribution < 1.29 is 9.53 Å². The third-order valence-electron chi connectivity index (χ3n) is 3.39. The number of aryl methyl sites for hydroxylation is 2. The third kappa shape index (κ3) is 3.02. The van der Waals surface area contributed by atoms with Gasteiger partial charge in [0.15, 0.2) is 6.04 Å². The second-order valence-electron chi connectivity index (χ2n) is 5.02. The maximum absolute atomic E-state index is 11.9. The second-order valence-corrected chi connectivity index (χ2v) is 5.02. The Morgan fingerprint density at radius 2 is 1.95 bits per heavy atom. The first-order valence-corrected chi connectivity index (χ1v) is 6.69. The van der Waals surface area contributed by atoms with Crippen LogP contribution < -0.4 is 5.56 Å². The molecule has 0 unspecified atom stereocenters. The van der Waals surface area contributed by atoms with E-state index in [0.29, 0.717) is 5.69 Å². The van der Waals surface area contributed by atoms with Crippen LogP contribution in [0.4, 0.5) is 0 Å². The molecule has 0 fully saturated rings. The molecular weight excluding hydrogens is 268 g/mol. The molecule has 2 rings (SSSR count). The molecule has 0 aliphatic heterocycles. The summed E-state index contributed by atoms with van der Waals surface area (Å²) >= 11 is 0. The van der Waals surface area contributed by atoms with Gasteiger partial charge in [-0.15, -0.1) is 0 Å². The molecule has 21 heavy (non-hydrogen) atoms. The number of carbonyl (C=O) groups excluding carboxylic acids is 1. The average molecular weight is 286 g/mol. The number of ether oxygens (including phenoxy) is 1. The number of rotatable bonds is 3. The summed E-state index contributed by atoms with van der Waals surface area (Å²) in [5.74, 6) is -0.498. The zero-order valence-corrected chi connectivity index (χ0v) is 12.6. The van der Waals surface area contributed by atoms with Crippen molar-refractivity contribution in [1.82, 2.24) is 9.78 Å². The first kappa shape index (κ1) is 15.0. The predicted molar refractivity (Wildman–Crippen MR) is 80.1 cm³/mol. The molecule has 0 aliphatic rings. The molecule has 1 atom stereocenters. The standard InChI is InChI=1S/C16H18N2O3/c1-10-5-6-13(11(2)9-10)14-7-8-15(19)18(17-14)12(3)16(20)21-4/h5-9,12H,1-4H3/t12-/m0/s1. The van der Waals surface area contributed by atoms with Crippen molar-refractivity contribution in [2.75, 3.05) is 7.11 Å². The highest BCUT2D eigenvalue weighted by molar-refractivity contribution is 5.73. The number of carbonyl (C=O) groups is 1. The Morgan fingerprint density at radius 3 is 2.57 bits per heavy atom. The minimum absolute atomic E-state index is 0.332. The summed E-state index contributed by atoms with van der Waals surface area (Å²) in [5, 5.41) is 4.31. The summed E-state index contributed by atoms with van der Waals surface area (Å²) in [4.78, 5) is 23.5. The van der Waals surface area contributed by atoms with Crippen molar-refractivity contribution in [2.45, 2.75) is 26.8 Å². The van der Waals surface area contributed by atoms with Gasteiger partial charge < -0.3 is 4.74 Å². The van der Waals surface area contributed by atoms with Crippen LogP contribution in [0.5, 0.6) is 0 Å². The number of hydrogen-bond donors (Lipinski definition) is 0. The Hall–Kier alpha value is -2.43. The summed E-state index contributed by atoms with van der Waals surface area (Å²) in [6.07, 6.45) is 0. The highest BCUT2D eigenvalue weighted by Crippen LogP contribution is 2.21. The van der Waals surface area contributed by atoms with E-state index < -0.39 is 12.0 Å². The Bertz CT molecular complexity index is 735. The van der Waals surface area contributed by atoms with Crippen molar-refractivity contribution in [3.63, 3.8) is 0 Å². The molecule has 0 aliphatic carbocycles. The van der Waals surface area contributed by atoms with Gasteiger partial charge in [0.1, 0.15) is 0 Å². The predicted octanol–water partition coefficient (Wildman–Crippen LogP) is 2.26. The molecule has 0 bridgehead atoms. The minimum atomic E-state index is -0.756. The molecule has 1 heterocycles. The first-order chi connectivity index (χ1) is 9.93. The van der Waals surface area contributed by atoms with E-state index in [1.807, 2.05) is 26.0 Å². The molecular formula is C16H18N2O3. The molecule has 5 nitrogen and oxygen atoms in total. The Kier molecular flexibility index (Phi) is 4.21. The van der Waals surface area contributed by atoms with E-state index in [-0.39, 0.29) is 5.56 Å². The topological polar surface area (TPSA) is 61.2 Å². The first-order valence-electron chi connectivity index (χ1n) is 6.69. The van der Waals surface area contributed by atoms with E-state index in [1.165, 1.54) is 13.2 Å². The zero-order chi connectivity index (χ0) is 15.6. The highest BCUT2D eigenvalue weighted by Gasteiger charge is 2.18. The van der Waals surface area contributed by atoms with Crippen LogP contribution in [0.1, 0.15) is 24.1 Å². The lowest BCUT2D eigenvalue weighted by molar-refractivity contribution is -0.144. The van der Waals surface area contributed by atoms with Crippen LogP contribution in [0.3, 0.4) is 0 Å². The van der Waals surface area contributed by atoms with E-state index in [9.17, 15) is 9.59 Å². The number of esters is 1. The van der Waals surface area contributed by atoms with Crippen molar-refractivity contribution in [1.29, 1.82) is 0 Å². The maximum Gasteiger partial charge on any atom is 0.330 e. The lowest BCUT2D eigenvalue weighted by Gasteiger charge is -2.13. The number of nitrogens with zero attached hydrogens (tertiary/aromatic N) is 2. The van der Waals surface area contributed by atoms with Crippen molar-refractivity contribution in [3.05, 3.63) is 51.8 Å². The van der Waals surface area contributed by atoms with Crippen molar-refractivity contribution >= 4 is 5.97 Å². The average Bonchev–Trinajstić information content (AvgIpc) is 2.46. The normalized spacial score (nSPS) is 12.0. The van der Waals surface area contributed by atoms with Crippen LogP contribution in [-0.2, 0) is 9.53 Å². The van der Waals surface area contributed by atoms with Gasteiger partial charge in [-0.3, -0.25) is 4.79 Å². The lowest BCUT2D eigenvalue weighted by atomic mass is 10.0. The van der Waals surface area contributed by atoms with E-state index in [2.05, 4.69) is 15.9 Å². The monoisotopic (exact) mass is 286 g/mol. The summed E-state index contributed by atoms with van der Waals surface area (Å²) in [5.41, 5.74) is 3.49. The van der Waals surface area contributed by atoms with Gasteiger partial charge in [-0.1, -0.05) is 23.8 Å². The quantitative estimate of drug-likeness (QED) is 0.812. The molecule has 2 aromatic rings. The number of methoxy groups -OCH3 is 1. The van der Waals surface area contributed by atoms with Crippen molar-refractivity contribution in [2.24, 2.45) is 0 Å². The van der Waals surface area contributed by atoms with Gasteiger partial charge in [0, 0.05) is 11.6 Å². The van der Waals surface area contributed by atoms with E-state index in [1.54, 1.807) is 13.0 Å². The maximum atomic E-state index is 11.9. The molecule has 0 radical (unpaired) electrons.